The monoisotopic (exact) mass is 537 g/mol. The number of carbonyl (C=O) groups is 1. The molecule has 4 heterocycles. The Morgan fingerprint density at radius 1 is 1.16 bits per heavy atom. The number of aromatic nitrogens is 4. The summed E-state index contributed by atoms with van der Waals surface area (Å²) in [6.45, 7) is 2.60. The van der Waals surface area contributed by atoms with Crippen molar-refractivity contribution >= 4 is 38.6 Å². The van der Waals surface area contributed by atoms with Crippen LogP contribution in [0.1, 0.15) is 6.92 Å². The SMILES string of the molecule is CCOCC(=O)N[C@@H]1CN(c2ccnc3c2c(-c2ccnc(N)n2)cn3S(=O)(=O)c2ccccc2)C[C@H]1O. The third kappa shape index (κ3) is 4.78. The number of nitrogen functional groups attached to an aromatic ring is 1. The summed E-state index contributed by atoms with van der Waals surface area (Å²) in [5.41, 5.74) is 7.56. The van der Waals surface area contributed by atoms with Gasteiger partial charge in [0.2, 0.25) is 11.9 Å². The molecule has 0 bridgehead atoms. The summed E-state index contributed by atoms with van der Waals surface area (Å²) in [7, 11) is -4.01. The van der Waals surface area contributed by atoms with Crippen molar-refractivity contribution in [2.75, 3.05) is 36.9 Å². The van der Waals surface area contributed by atoms with Crippen molar-refractivity contribution in [3.8, 4) is 11.3 Å². The molecule has 1 amide bonds. The number of fused-ring (bicyclic) bond motifs is 1. The third-order valence-corrected chi connectivity index (χ3v) is 7.96. The van der Waals surface area contributed by atoms with E-state index in [1.807, 2.05) is 4.90 Å². The van der Waals surface area contributed by atoms with Crippen LogP contribution in [-0.2, 0) is 19.6 Å². The molecule has 12 nitrogen and oxygen atoms in total. The number of ether oxygens (including phenoxy) is 1. The highest BCUT2D eigenvalue weighted by atomic mass is 32.2. The first-order valence-electron chi connectivity index (χ1n) is 12.0. The Kier molecular flexibility index (Phi) is 6.97. The van der Waals surface area contributed by atoms with Crippen LogP contribution in [0.4, 0.5) is 11.6 Å². The smallest absolute Gasteiger partial charge is 0.269 e. The minimum absolute atomic E-state index is 0.0356. The lowest BCUT2D eigenvalue weighted by molar-refractivity contribution is -0.126. The van der Waals surface area contributed by atoms with Crippen molar-refractivity contribution < 1.29 is 23.1 Å². The number of benzene rings is 1. The fourth-order valence-corrected chi connectivity index (χ4v) is 5.89. The molecule has 1 aliphatic rings. The van der Waals surface area contributed by atoms with Gasteiger partial charge < -0.3 is 25.8 Å². The van der Waals surface area contributed by atoms with E-state index in [9.17, 15) is 18.3 Å². The molecule has 1 aromatic carbocycles. The van der Waals surface area contributed by atoms with E-state index in [2.05, 4.69) is 20.3 Å². The van der Waals surface area contributed by atoms with Crippen LogP contribution in [0, 0.1) is 0 Å². The Balaban J connectivity index is 1.62. The molecule has 3 aromatic heterocycles. The van der Waals surface area contributed by atoms with Crippen LogP contribution in [-0.4, -0.2) is 76.8 Å². The van der Waals surface area contributed by atoms with Gasteiger partial charge in [-0.2, -0.15) is 0 Å². The lowest BCUT2D eigenvalue weighted by Crippen LogP contribution is -2.44. The largest absolute Gasteiger partial charge is 0.389 e. The molecule has 4 N–H and O–H groups in total. The van der Waals surface area contributed by atoms with Gasteiger partial charge in [0.25, 0.3) is 10.0 Å². The Morgan fingerprint density at radius 2 is 1.92 bits per heavy atom. The van der Waals surface area contributed by atoms with Gasteiger partial charge in [-0.1, -0.05) is 18.2 Å². The molecule has 0 spiro atoms. The molecular formula is C25H27N7O5S. The molecule has 1 saturated heterocycles. The number of hydrogen-bond donors (Lipinski definition) is 3. The Bertz CT molecular complexity index is 1580. The standard InChI is InChI=1S/C25H27N7O5S/c1-2-37-15-22(34)29-19-13-31(14-21(19)33)20-9-11-27-24-23(20)17(18-8-10-28-25(26)30-18)12-32(24)38(35,36)16-6-4-3-5-7-16/h3-12,19,21,33H,2,13-15H2,1H3,(H,29,34)(H2,26,28,30)/t19-,21-/m1/s1. The van der Waals surface area contributed by atoms with Crippen molar-refractivity contribution in [3.05, 3.63) is 61.1 Å². The number of nitrogens with two attached hydrogens (primary N) is 1. The molecule has 1 aliphatic heterocycles. The van der Waals surface area contributed by atoms with Gasteiger partial charge in [-0.05, 0) is 31.2 Å². The first kappa shape index (κ1) is 25.6. The minimum Gasteiger partial charge on any atom is -0.389 e. The molecule has 0 saturated carbocycles. The zero-order valence-electron chi connectivity index (χ0n) is 20.6. The average Bonchev–Trinajstić information content (AvgIpc) is 3.49. The van der Waals surface area contributed by atoms with E-state index in [-0.39, 0.29) is 35.5 Å². The molecule has 2 atom stereocenters. The number of rotatable bonds is 8. The molecule has 38 heavy (non-hydrogen) atoms. The van der Waals surface area contributed by atoms with Crippen LogP contribution in [0.5, 0.6) is 0 Å². The van der Waals surface area contributed by atoms with Crippen molar-refractivity contribution in [3.63, 3.8) is 0 Å². The Labute approximate surface area is 219 Å². The summed E-state index contributed by atoms with van der Waals surface area (Å²) in [6, 6.07) is 10.9. The van der Waals surface area contributed by atoms with Crippen LogP contribution in [0.2, 0.25) is 0 Å². The quantitative estimate of drug-likeness (QED) is 0.295. The maximum Gasteiger partial charge on any atom is 0.269 e. The number of aliphatic hydroxyl groups excluding tert-OH is 1. The number of anilines is 2. The summed E-state index contributed by atoms with van der Waals surface area (Å²) in [5, 5.41) is 14.0. The van der Waals surface area contributed by atoms with Gasteiger partial charge >= 0.3 is 0 Å². The summed E-state index contributed by atoms with van der Waals surface area (Å²) in [5.74, 6) is -0.289. The summed E-state index contributed by atoms with van der Waals surface area (Å²) in [4.78, 5) is 26.9. The van der Waals surface area contributed by atoms with Crippen LogP contribution in [0.15, 0.2) is 66.0 Å². The maximum atomic E-state index is 13.7. The second-order valence-corrected chi connectivity index (χ2v) is 10.6. The summed E-state index contributed by atoms with van der Waals surface area (Å²) in [6.07, 6.45) is 3.63. The van der Waals surface area contributed by atoms with Crippen molar-refractivity contribution in [1.29, 1.82) is 0 Å². The maximum absolute atomic E-state index is 13.7. The molecule has 0 aliphatic carbocycles. The van der Waals surface area contributed by atoms with E-state index in [0.29, 0.717) is 35.5 Å². The van der Waals surface area contributed by atoms with E-state index in [1.165, 1.54) is 30.7 Å². The van der Waals surface area contributed by atoms with Crippen LogP contribution in [0.25, 0.3) is 22.3 Å². The van der Waals surface area contributed by atoms with Gasteiger partial charge in [0.15, 0.2) is 5.65 Å². The van der Waals surface area contributed by atoms with Gasteiger partial charge in [-0.15, -0.1) is 0 Å². The van der Waals surface area contributed by atoms with Crippen molar-refractivity contribution in [1.82, 2.24) is 24.2 Å². The Morgan fingerprint density at radius 3 is 2.66 bits per heavy atom. The van der Waals surface area contributed by atoms with E-state index in [1.54, 1.807) is 37.3 Å². The first-order chi connectivity index (χ1) is 18.3. The van der Waals surface area contributed by atoms with Gasteiger partial charge in [-0.3, -0.25) is 4.79 Å². The highest BCUT2D eigenvalue weighted by Crippen LogP contribution is 2.38. The molecular weight excluding hydrogens is 510 g/mol. The topological polar surface area (TPSA) is 166 Å². The second-order valence-electron chi connectivity index (χ2n) is 8.77. The van der Waals surface area contributed by atoms with E-state index < -0.39 is 22.2 Å². The molecule has 5 rings (SSSR count). The van der Waals surface area contributed by atoms with E-state index in [4.69, 9.17) is 10.5 Å². The Hall–Kier alpha value is -4.07. The summed E-state index contributed by atoms with van der Waals surface area (Å²) < 4.78 is 33.6. The lowest BCUT2D eigenvalue weighted by atomic mass is 10.1. The van der Waals surface area contributed by atoms with Crippen LogP contribution < -0.4 is 16.0 Å². The molecule has 13 heteroatoms. The number of nitrogens with zero attached hydrogens (tertiary/aromatic N) is 5. The molecule has 1 fully saturated rings. The van der Waals surface area contributed by atoms with E-state index in [0.717, 1.165) is 3.97 Å². The number of amides is 1. The van der Waals surface area contributed by atoms with E-state index >= 15 is 0 Å². The highest BCUT2D eigenvalue weighted by Gasteiger charge is 2.35. The predicted molar refractivity (Wildman–Crippen MR) is 141 cm³/mol. The number of aliphatic hydroxyl groups is 1. The summed E-state index contributed by atoms with van der Waals surface area (Å²) >= 11 is 0. The number of β-amino-alcohol motifs (C(OH)–C–C–N with tert-alkyl or cyclic N) is 1. The second kappa shape index (κ2) is 10.4. The average molecular weight is 538 g/mol. The van der Waals surface area contributed by atoms with Gasteiger partial charge in [0.1, 0.15) is 6.61 Å². The third-order valence-electron chi connectivity index (χ3n) is 6.30. The zero-order valence-corrected chi connectivity index (χ0v) is 21.4. The molecule has 0 unspecified atom stereocenters. The molecule has 0 radical (unpaired) electrons. The van der Waals surface area contributed by atoms with Gasteiger partial charge in [-0.25, -0.2) is 27.3 Å². The zero-order chi connectivity index (χ0) is 26.9. The number of pyridine rings is 1. The number of carbonyl (C=O) groups excluding carboxylic acids is 1. The van der Waals surface area contributed by atoms with Crippen LogP contribution in [0.3, 0.4) is 0 Å². The fraction of sp³-hybridized carbons (Fsp3) is 0.280. The van der Waals surface area contributed by atoms with Gasteiger partial charge in [0, 0.05) is 43.9 Å². The lowest BCUT2D eigenvalue weighted by Gasteiger charge is -2.20. The van der Waals surface area contributed by atoms with Gasteiger partial charge in [0.05, 0.1) is 33.8 Å². The fourth-order valence-electron chi connectivity index (χ4n) is 4.55. The van der Waals surface area contributed by atoms with Crippen molar-refractivity contribution in [2.45, 2.75) is 24.0 Å². The number of nitrogens with one attached hydrogen (secondary N) is 1. The first-order valence-corrected chi connectivity index (χ1v) is 13.4. The normalized spacial score (nSPS) is 17.7. The van der Waals surface area contributed by atoms with Crippen LogP contribution >= 0.6 is 0 Å². The molecule has 4 aromatic rings. The number of hydrogen-bond acceptors (Lipinski definition) is 10. The van der Waals surface area contributed by atoms with Crippen molar-refractivity contribution in [2.24, 2.45) is 0 Å². The predicted octanol–water partition coefficient (Wildman–Crippen LogP) is 1.01. The minimum atomic E-state index is -4.01. The highest BCUT2D eigenvalue weighted by molar-refractivity contribution is 7.90. The molecule has 198 valence electrons.